The summed E-state index contributed by atoms with van der Waals surface area (Å²) in [6.07, 6.45) is 0.0954. The van der Waals surface area contributed by atoms with Gasteiger partial charge in [-0.1, -0.05) is 33.6 Å². The number of carbonyl (C=O) groups is 1. The summed E-state index contributed by atoms with van der Waals surface area (Å²) in [6.45, 7) is 2.14. The number of carbonyl (C=O) groups excluding carboxylic acids is 1. The molecule has 2 aromatic carbocycles. The zero-order chi connectivity index (χ0) is 17.8. The number of nitrogens with one attached hydrogen (secondary N) is 1. The van der Waals surface area contributed by atoms with Gasteiger partial charge < -0.3 is 14.8 Å². The third kappa shape index (κ3) is 4.24. The minimum atomic E-state index is -0.420. The Morgan fingerprint density at radius 3 is 2.92 bits per heavy atom. The number of azo groups is 1. The van der Waals surface area contributed by atoms with Crippen molar-refractivity contribution in [2.75, 3.05) is 6.61 Å². The molecule has 3 rings (SSSR count). The fourth-order valence-corrected chi connectivity index (χ4v) is 2.73. The van der Waals surface area contributed by atoms with Gasteiger partial charge in [0.1, 0.15) is 5.75 Å². The first-order valence-corrected chi connectivity index (χ1v) is 8.46. The van der Waals surface area contributed by atoms with Gasteiger partial charge in [0, 0.05) is 9.86 Å². The fourth-order valence-electron chi connectivity index (χ4n) is 2.35. The van der Waals surface area contributed by atoms with Crippen LogP contribution in [0.15, 0.2) is 57.2 Å². The van der Waals surface area contributed by atoms with Crippen LogP contribution < -0.4 is 4.74 Å². The van der Waals surface area contributed by atoms with Gasteiger partial charge in [0.2, 0.25) is 5.88 Å². The molecule has 0 unspecified atom stereocenters. The topological polar surface area (TPSA) is 87.0 Å². The molecule has 0 atom stereocenters. The van der Waals surface area contributed by atoms with E-state index < -0.39 is 5.91 Å². The van der Waals surface area contributed by atoms with Crippen molar-refractivity contribution in [3.8, 4) is 11.6 Å². The quantitative estimate of drug-likeness (QED) is 0.588. The molecule has 0 bridgehead atoms. The Morgan fingerprint density at radius 1 is 1.28 bits per heavy atom. The van der Waals surface area contributed by atoms with E-state index in [0.717, 1.165) is 20.9 Å². The molecular weight excluding hydrogens is 386 g/mol. The number of hydrogen-bond donors (Lipinski definition) is 2. The molecule has 0 saturated carbocycles. The fraction of sp³-hybridized carbons (Fsp3) is 0.167. The number of nitrogens with zero attached hydrogens (tertiary/aromatic N) is 2. The van der Waals surface area contributed by atoms with Crippen LogP contribution in [0.1, 0.15) is 12.0 Å². The Hall–Kier alpha value is -2.67. The van der Waals surface area contributed by atoms with Gasteiger partial charge in [0.15, 0.2) is 5.69 Å². The summed E-state index contributed by atoms with van der Waals surface area (Å²) < 4.78 is 6.40. The molecule has 0 aliphatic heterocycles. The summed E-state index contributed by atoms with van der Waals surface area (Å²) >= 11 is 3.35. The van der Waals surface area contributed by atoms with Gasteiger partial charge >= 0.3 is 0 Å². The molecule has 0 aliphatic carbocycles. The number of fused-ring (bicyclic) bond motifs is 1. The van der Waals surface area contributed by atoms with Gasteiger partial charge in [0.05, 0.1) is 18.5 Å². The monoisotopic (exact) mass is 401 g/mol. The molecule has 3 aromatic rings. The summed E-state index contributed by atoms with van der Waals surface area (Å²) in [7, 11) is 0. The molecule has 25 heavy (non-hydrogen) atoms. The van der Waals surface area contributed by atoms with Crippen LogP contribution in [0.2, 0.25) is 0 Å². The summed E-state index contributed by atoms with van der Waals surface area (Å²) in [5.74, 6) is 0.141. The van der Waals surface area contributed by atoms with Crippen molar-refractivity contribution >= 4 is 38.4 Å². The van der Waals surface area contributed by atoms with Crippen molar-refractivity contribution in [3.05, 3.63) is 52.5 Å². The van der Waals surface area contributed by atoms with E-state index in [-0.39, 0.29) is 24.6 Å². The smallest absolute Gasteiger partial charge is 0.268 e. The third-order valence-corrected chi connectivity index (χ3v) is 4.04. The number of aromatic amines is 1. The zero-order valence-corrected chi connectivity index (χ0v) is 15.1. The van der Waals surface area contributed by atoms with E-state index in [2.05, 4.69) is 31.1 Å². The molecule has 1 aromatic heterocycles. The number of aryl methyl sites for hydroxylation is 1. The van der Waals surface area contributed by atoms with Crippen LogP contribution in [-0.4, -0.2) is 22.6 Å². The highest BCUT2D eigenvalue weighted by molar-refractivity contribution is 9.10. The Morgan fingerprint density at radius 2 is 2.12 bits per heavy atom. The maximum absolute atomic E-state index is 11.9. The van der Waals surface area contributed by atoms with Crippen molar-refractivity contribution in [1.29, 1.82) is 0 Å². The number of halogens is 1. The van der Waals surface area contributed by atoms with Crippen LogP contribution in [0.25, 0.3) is 10.9 Å². The highest BCUT2D eigenvalue weighted by atomic mass is 79.9. The SMILES string of the molecule is Cc1ccc2[nH]c(O)c(N=NC(=O)CCOc3cccc(Br)c3)c2c1. The normalized spacial score (nSPS) is 11.3. The molecule has 0 radical (unpaired) electrons. The number of aromatic nitrogens is 1. The Balaban J connectivity index is 1.63. The largest absolute Gasteiger partial charge is 0.493 e. The summed E-state index contributed by atoms with van der Waals surface area (Å²) in [5, 5.41) is 18.2. The maximum atomic E-state index is 11.9. The molecule has 2 N–H and O–H groups in total. The number of rotatable bonds is 5. The van der Waals surface area contributed by atoms with Crippen LogP contribution in [0.5, 0.6) is 11.6 Å². The minimum Gasteiger partial charge on any atom is -0.493 e. The van der Waals surface area contributed by atoms with E-state index in [1.807, 2.05) is 49.4 Å². The molecule has 128 valence electrons. The molecule has 1 amide bonds. The van der Waals surface area contributed by atoms with E-state index in [1.165, 1.54) is 0 Å². The van der Waals surface area contributed by atoms with Crippen molar-refractivity contribution < 1.29 is 14.6 Å². The van der Waals surface area contributed by atoms with Gasteiger partial charge in [-0.3, -0.25) is 4.79 Å². The van der Waals surface area contributed by atoms with Crippen LogP contribution in [0, 0.1) is 6.92 Å². The van der Waals surface area contributed by atoms with E-state index in [4.69, 9.17) is 4.74 Å². The highest BCUT2D eigenvalue weighted by Crippen LogP contribution is 2.35. The Kier molecular flexibility index (Phi) is 5.14. The van der Waals surface area contributed by atoms with E-state index in [1.54, 1.807) is 0 Å². The lowest BCUT2D eigenvalue weighted by Gasteiger charge is -2.04. The molecular formula is C18H16BrN3O3. The van der Waals surface area contributed by atoms with E-state index in [9.17, 15) is 9.90 Å². The molecule has 0 saturated heterocycles. The Labute approximate surface area is 152 Å². The second kappa shape index (κ2) is 7.48. The molecule has 0 spiro atoms. The maximum Gasteiger partial charge on any atom is 0.268 e. The van der Waals surface area contributed by atoms with Crippen LogP contribution in [0.3, 0.4) is 0 Å². The molecule has 6 nitrogen and oxygen atoms in total. The van der Waals surface area contributed by atoms with Gasteiger partial charge in [-0.25, -0.2) is 0 Å². The van der Waals surface area contributed by atoms with Crippen molar-refractivity contribution in [1.82, 2.24) is 4.98 Å². The van der Waals surface area contributed by atoms with E-state index >= 15 is 0 Å². The summed E-state index contributed by atoms with van der Waals surface area (Å²) in [6, 6.07) is 13.0. The first kappa shape index (κ1) is 17.2. The minimum absolute atomic E-state index is 0.0954. The lowest BCUT2D eigenvalue weighted by molar-refractivity contribution is -0.118. The summed E-state index contributed by atoms with van der Waals surface area (Å²) in [5.41, 5.74) is 2.03. The summed E-state index contributed by atoms with van der Waals surface area (Å²) in [4.78, 5) is 14.7. The highest BCUT2D eigenvalue weighted by Gasteiger charge is 2.11. The number of aromatic hydroxyl groups is 1. The lowest BCUT2D eigenvalue weighted by Crippen LogP contribution is -2.03. The number of ether oxygens (including phenoxy) is 1. The average Bonchev–Trinajstić information content (AvgIpc) is 2.88. The number of amides is 1. The van der Waals surface area contributed by atoms with Crippen LogP contribution in [-0.2, 0) is 4.79 Å². The number of H-pyrrole nitrogens is 1. The number of benzene rings is 2. The van der Waals surface area contributed by atoms with Crippen LogP contribution in [0.4, 0.5) is 5.69 Å². The third-order valence-electron chi connectivity index (χ3n) is 3.55. The first-order chi connectivity index (χ1) is 12.0. The predicted molar refractivity (Wildman–Crippen MR) is 98.5 cm³/mol. The second-order valence-corrected chi connectivity index (χ2v) is 6.44. The first-order valence-electron chi connectivity index (χ1n) is 7.67. The Bertz CT molecular complexity index is 950. The van der Waals surface area contributed by atoms with Gasteiger partial charge in [-0.05, 0) is 37.3 Å². The standard InChI is InChI=1S/C18H16BrN3O3/c1-11-5-6-15-14(9-11)17(18(24)20-15)22-21-16(23)7-8-25-13-4-2-3-12(19)10-13/h2-6,9-10,20,24H,7-8H2,1H3. The van der Waals surface area contributed by atoms with Crippen molar-refractivity contribution in [3.63, 3.8) is 0 Å². The average molecular weight is 402 g/mol. The predicted octanol–water partition coefficient (Wildman–Crippen LogP) is 5.02. The lowest BCUT2D eigenvalue weighted by atomic mass is 10.2. The van der Waals surface area contributed by atoms with Crippen LogP contribution >= 0.6 is 15.9 Å². The number of hydrogen-bond acceptors (Lipinski definition) is 4. The van der Waals surface area contributed by atoms with Crippen molar-refractivity contribution in [2.24, 2.45) is 10.2 Å². The molecule has 7 heteroatoms. The molecule has 0 fully saturated rings. The van der Waals surface area contributed by atoms with Gasteiger partial charge in [-0.15, -0.1) is 10.2 Å². The second-order valence-electron chi connectivity index (χ2n) is 5.52. The zero-order valence-electron chi connectivity index (χ0n) is 13.5. The van der Waals surface area contributed by atoms with Gasteiger partial charge in [0.25, 0.3) is 5.91 Å². The van der Waals surface area contributed by atoms with E-state index in [0.29, 0.717) is 5.75 Å². The molecule has 0 aliphatic rings. The molecule has 1 heterocycles. The van der Waals surface area contributed by atoms with Crippen molar-refractivity contribution in [2.45, 2.75) is 13.3 Å². The van der Waals surface area contributed by atoms with Gasteiger partial charge in [-0.2, -0.15) is 0 Å².